The van der Waals surface area contributed by atoms with Crippen molar-refractivity contribution in [3.05, 3.63) is 47.5 Å². The molecule has 2 rings (SSSR count). The molecular weight excluding hydrogens is 263 g/mol. The lowest BCUT2D eigenvalue weighted by Gasteiger charge is -2.11. The van der Waals surface area contributed by atoms with Gasteiger partial charge in [-0.2, -0.15) is 5.10 Å². The summed E-state index contributed by atoms with van der Waals surface area (Å²) in [5, 5.41) is 13.0. The van der Waals surface area contributed by atoms with Gasteiger partial charge in [-0.05, 0) is 32.0 Å². The van der Waals surface area contributed by atoms with Crippen molar-refractivity contribution in [1.29, 1.82) is 0 Å². The van der Waals surface area contributed by atoms with Crippen LogP contribution in [0.15, 0.2) is 30.3 Å². The van der Waals surface area contributed by atoms with Gasteiger partial charge in [-0.1, -0.05) is 6.07 Å². The standard InChI is InChI=1S/C14H15FN2O3/c1-9(2)17-11(7-13(16-17)14(18)19)8-20-12-5-3-4-10(15)6-12/h3-7,9H,8H2,1-2H3,(H,18,19). The number of hydrogen-bond donors (Lipinski definition) is 1. The van der Waals surface area contributed by atoms with Crippen LogP contribution >= 0.6 is 0 Å². The molecule has 5 nitrogen and oxygen atoms in total. The molecule has 106 valence electrons. The molecule has 0 aliphatic carbocycles. The number of rotatable bonds is 5. The lowest BCUT2D eigenvalue weighted by atomic mass is 10.3. The molecule has 1 N–H and O–H groups in total. The zero-order valence-corrected chi connectivity index (χ0v) is 11.2. The highest BCUT2D eigenvalue weighted by Gasteiger charge is 2.15. The van der Waals surface area contributed by atoms with Crippen molar-refractivity contribution in [1.82, 2.24) is 9.78 Å². The van der Waals surface area contributed by atoms with Crippen molar-refractivity contribution in [3.63, 3.8) is 0 Å². The zero-order chi connectivity index (χ0) is 14.7. The Balaban J connectivity index is 2.18. The smallest absolute Gasteiger partial charge is 0.356 e. The summed E-state index contributed by atoms with van der Waals surface area (Å²) in [4.78, 5) is 10.9. The van der Waals surface area contributed by atoms with E-state index < -0.39 is 5.97 Å². The number of nitrogens with zero attached hydrogens (tertiary/aromatic N) is 2. The highest BCUT2D eigenvalue weighted by atomic mass is 19.1. The van der Waals surface area contributed by atoms with Crippen molar-refractivity contribution in [2.75, 3.05) is 0 Å². The summed E-state index contributed by atoms with van der Waals surface area (Å²) >= 11 is 0. The lowest BCUT2D eigenvalue weighted by molar-refractivity contribution is 0.0689. The Kier molecular flexibility index (Phi) is 4.02. The van der Waals surface area contributed by atoms with Crippen LogP contribution in [0.4, 0.5) is 4.39 Å². The summed E-state index contributed by atoms with van der Waals surface area (Å²) in [7, 11) is 0. The quantitative estimate of drug-likeness (QED) is 0.913. The number of ether oxygens (including phenoxy) is 1. The molecule has 6 heteroatoms. The third-order valence-electron chi connectivity index (χ3n) is 2.70. The maximum Gasteiger partial charge on any atom is 0.356 e. The van der Waals surface area contributed by atoms with Gasteiger partial charge in [0.05, 0.1) is 5.69 Å². The second kappa shape index (κ2) is 5.73. The average molecular weight is 278 g/mol. The van der Waals surface area contributed by atoms with Crippen molar-refractivity contribution < 1.29 is 19.0 Å². The molecule has 1 aromatic carbocycles. The Bertz CT molecular complexity index is 623. The minimum absolute atomic E-state index is 0.00853. The largest absolute Gasteiger partial charge is 0.487 e. The SMILES string of the molecule is CC(C)n1nc(C(=O)O)cc1COc1cccc(F)c1. The van der Waals surface area contributed by atoms with Crippen LogP contribution in [0.25, 0.3) is 0 Å². The Hall–Kier alpha value is -2.37. The van der Waals surface area contributed by atoms with E-state index in [0.29, 0.717) is 11.4 Å². The Labute approximate surface area is 115 Å². The fourth-order valence-corrected chi connectivity index (χ4v) is 1.81. The summed E-state index contributed by atoms with van der Waals surface area (Å²) in [6, 6.07) is 7.25. The number of carboxylic acids is 1. The summed E-state index contributed by atoms with van der Waals surface area (Å²) in [6.45, 7) is 3.91. The van der Waals surface area contributed by atoms with Crippen LogP contribution in [-0.4, -0.2) is 20.9 Å². The van der Waals surface area contributed by atoms with E-state index in [1.807, 2.05) is 13.8 Å². The second-order valence-electron chi connectivity index (χ2n) is 4.61. The molecule has 20 heavy (non-hydrogen) atoms. The van der Waals surface area contributed by atoms with Gasteiger partial charge in [0.15, 0.2) is 5.69 Å². The number of carboxylic acid groups (broad SMARTS) is 1. The van der Waals surface area contributed by atoms with Gasteiger partial charge in [0.2, 0.25) is 0 Å². The van der Waals surface area contributed by atoms with Gasteiger partial charge in [0.25, 0.3) is 0 Å². The Morgan fingerprint density at radius 3 is 2.80 bits per heavy atom. The molecule has 0 unspecified atom stereocenters. The van der Waals surface area contributed by atoms with E-state index in [9.17, 15) is 9.18 Å². The number of hydrogen-bond acceptors (Lipinski definition) is 3. The minimum Gasteiger partial charge on any atom is -0.487 e. The summed E-state index contributed by atoms with van der Waals surface area (Å²) in [5.41, 5.74) is 0.596. The van der Waals surface area contributed by atoms with Gasteiger partial charge in [-0.3, -0.25) is 4.68 Å². The second-order valence-corrected chi connectivity index (χ2v) is 4.61. The van der Waals surface area contributed by atoms with Gasteiger partial charge in [0.1, 0.15) is 18.2 Å². The average Bonchev–Trinajstić information content (AvgIpc) is 2.81. The molecule has 0 atom stereocenters. The number of aromatic carboxylic acids is 1. The predicted molar refractivity (Wildman–Crippen MR) is 70.3 cm³/mol. The number of benzene rings is 1. The fourth-order valence-electron chi connectivity index (χ4n) is 1.81. The maximum atomic E-state index is 13.0. The topological polar surface area (TPSA) is 64.4 Å². The first-order chi connectivity index (χ1) is 9.47. The van der Waals surface area contributed by atoms with Crippen molar-refractivity contribution in [2.45, 2.75) is 26.5 Å². The number of carbonyl (C=O) groups is 1. The number of halogens is 1. The number of aromatic nitrogens is 2. The molecule has 0 saturated carbocycles. The molecule has 0 spiro atoms. The maximum absolute atomic E-state index is 13.0. The first-order valence-electron chi connectivity index (χ1n) is 6.17. The first kappa shape index (κ1) is 14.0. The van der Waals surface area contributed by atoms with E-state index in [-0.39, 0.29) is 24.2 Å². The van der Waals surface area contributed by atoms with Crippen LogP contribution in [0.2, 0.25) is 0 Å². The van der Waals surface area contributed by atoms with Gasteiger partial charge in [0, 0.05) is 12.1 Å². The van der Waals surface area contributed by atoms with E-state index in [1.165, 1.54) is 18.2 Å². The van der Waals surface area contributed by atoms with E-state index in [0.717, 1.165) is 0 Å². The normalized spacial score (nSPS) is 10.8. The van der Waals surface area contributed by atoms with Crippen LogP contribution in [0.5, 0.6) is 5.75 Å². The highest BCUT2D eigenvalue weighted by Crippen LogP contribution is 2.17. The zero-order valence-electron chi connectivity index (χ0n) is 11.2. The van der Waals surface area contributed by atoms with E-state index in [4.69, 9.17) is 9.84 Å². The summed E-state index contributed by atoms with van der Waals surface area (Å²) in [6.07, 6.45) is 0. The molecule has 0 amide bonds. The molecule has 0 fully saturated rings. The van der Waals surface area contributed by atoms with Crippen molar-refractivity contribution >= 4 is 5.97 Å². The molecule has 0 aliphatic heterocycles. The summed E-state index contributed by atoms with van der Waals surface area (Å²) < 4.78 is 20.1. The molecule has 1 aromatic heterocycles. The molecule has 0 radical (unpaired) electrons. The van der Waals surface area contributed by atoms with Crippen molar-refractivity contribution in [2.24, 2.45) is 0 Å². The summed E-state index contributed by atoms with van der Waals surface area (Å²) in [5.74, 6) is -1.08. The third kappa shape index (κ3) is 3.14. The molecule has 0 bridgehead atoms. The predicted octanol–water partition coefficient (Wildman–Crippen LogP) is 2.88. The fraction of sp³-hybridized carbons (Fsp3) is 0.286. The highest BCUT2D eigenvalue weighted by molar-refractivity contribution is 5.85. The minimum atomic E-state index is -1.09. The van der Waals surface area contributed by atoms with Crippen molar-refractivity contribution in [3.8, 4) is 5.75 Å². The van der Waals surface area contributed by atoms with Crippen LogP contribution in [0.1, 0.15) is 36.1 Å². The van der Waals surface area contributed by atoms with Crippen LogP contribution in [0, 0.1) is 5.82 Å². The van der Waals surface area contributed by atoms with E-state index in [2.05, 4.69) is 5.10 Å². The Morgan fingerprint density at radius 1 is 1.45 bits per heavy atom. The van der Waals surface area contributed by atoms with Gasteiger partial charge >= 0.3 is 5.97 Å². The molecule has 0 aliphatic rings. The van der Waals surface area contributed by atoms with Crippen LogP contribution < -0.4 is 4.74 Å². The van der Waals surface area contributed by atoms with Gasteiger partial charge in [-0.25, -0.2) is 9.18 Å². The third-order valence-corrected chi connectivity index (χ3v) is 2.70. The van der Waals surface area contributed by atoms with E-state index >= 15 is 0 Å². The molecular formula is C14H15FN2O3. The lowest BCUT2D eigenvalue weighted by Crippen LogP contribution is -2.10. The van der Waals surface area contributed by atoms with Crippen LogP contribution in [-0.2, 0) is 6.61 Å². The van der Waals surface area contributed by atoms with E-state index in [1.54, 1.807) is 16.8 Å². The monoisotopic (exact) mass is 278 g/mol. The molecule has 0 saturated heterocycles. The molecule has 2 aromatic rings. The van der Waals surface area contributed by atoms with Gasteiger partial charge < -0.3 is 9.84 Å². The van der Waals surface area contributed by atoms with Gasteiger partial charge in [-0.15, -0.1) is 0 Å². The molecule has 1 heterocycles. The Morgan fingerprint density at radius 2 is 2.20 bits per heavy atom. The van der Waals surface area contributed by atoms with Crippen LogP contribution in [0.3, 0.4) is 0 Å². The first-order valence-corrected chi connectivity index (χ1v) is 6.17.